The van der Waals surface area contributed by atoms with Gasteiger partial charge >= 0.3 is 0 Å². The predicted molar refractivity (Wildman–Crippen MR) is 107 cm³/mol. The Morgan fingerprint density at radius 2 is 1.81 bits per heavy atom. The number of amides is 1. The van der Waals surface area contributed by atoms with Gasteiger partial charge in [-0.1, -0.05) is 38.0 Å². The zero-order valence-corrected chi connectivity index (χ0v) is 16.0. The smallest absolute Gasteiger partial charge is 0.291 e. The summed E-state index contributed by atoms with van der Waals surface area (Å²) in [5, 5.41) is 5.99. The largest absolute Gasteiger partial charge is 0.341 e. The van der Waals surface area contributed by atoms with Gasteiger partial charge < -0.3 is 9.47 Å². The third kappa shape index (κ3) is 2.93. The van der Waals surface area contributed by atoms with E-state index >= 15 is 0 Å². The van der Waals surface area contributed by atoms with Crippen molar-refractivity contribution < 1.29 is 4.79 Å². The number of likely N-dealkylation sites (tertiary alicyclic amines) is 1. The van der Waals surface area contributed by atoms with Crippen molar-refractivity contribution in [2.24, 2.45) is 7.05 Å². The number of nitrogens with zero attached hydrogens (tertiary/aromatic N) is 4. The number of carbonyl (C=O) groups excluding carboxylic acids is 1. The molecular formula is C21H26N4O2. The number of aryl methyl sites for hydroxylation is 1. The highest BCUT2D eigenvalue weighted by Crippen LogP contribution is 2.31. The number of para-hydroxylation sites is 1. The van der Waals surface area contributed by atoms with Gasteiger partial charge in [-0.05, 0) is 25.3 Å². The zero-order valence-electron chi connectivity index (χ0n) is 16.0. The topological polar surface area (TPSA) is 60.1 Å². The summed E-state index contributed by atoms with van der Waals surface area (Å²) >= 11 is 0. The molecule has 3 heterocycles. The van der Waals surface area contributed by atoms with Crippen LogP contribution in [0.1, 0.15) is 45.1 Å². The van der Waals surface area contributed by atoms with E-state index in [4.69, 9.17) is 0 Å². The van der Waals surface area contributed by atoms with E-state index in [9.17, 15) is 9.59 Å². The molecule has 142 valence electrons. The second kappa shape index (κ2) is 7.18. The first-order valence-electron chi connectivity index (χ1n) is 9.87. The van der Waals surface area contributed by atoms with Crippen molar-refractivity contribution >= 4 is 27.7 Å². The van der Waals surface area contributed by atoms with Crippen LogP contribution in [-0.4, -0.2) is 38.2 Å². The molecule has 6 nitrogen and oxygen atoms in total. The Hall–Kier alpha value is -2.63. The molecule has 1 aromatic carbocycles. The first kappa shape index (κ1) is 17.8. The Balaban J connectivity index is 1.93. The zero-order chi connectivity index (χ0) is 19.0. The van der Waals surface area contributed by atoms with Crippen molar-refractivity contribution in [2.75, 3.05) is 13.1 Å². The lowest BCUT2D eigenvalue weighted by atomic mass is 10.1. The molecule has 1 atom stereocenters. The second-order valence-corrected chi connectivity index (χ2v) is 7.39. The van der Waals surface area contributed by atoms with Gasteiger partial charge in [-0.15, -0.1) is 0 Å². The lowest BCUT2D eigenvalue weighted by molar-refractivity contribution is -0.134. The van der Waals surface area contributed by atoms with E-state index in [1.54, 1.807) is 13.2 Å². The first-order chi connectivity index (χ1) is 13.1. The van der Waals surface area contributed by atoms with E-state index in [1.807, 2.05) is 40.7 Å². The van der Waals surface area contributed by atoms with E-state index in [1.165, 1.54) is 17.5 Å². The maximum absolute atomic E-state index is 13.4. The van der Waals surface area contributed by atoms with Gasteiger partial charge in [0, 0.05) is 30.9 Å². The second-order valence-electron chi connectivity index (χ2n) is 7.39. The average Bonchev–Trinajstić information content (AvgIpc) is 2.84. The van der Waals surface area contributed by atoms with Crippen molar-refractivity contribution in [1.82, 2.24) is 19.2 Å². The molecule has 6 heteroatoms. The molecule has 1 fully saturated rings. The molecule has 1 amide bonds. The molecular weight excluding hydrogens is 340 g/mol. The van der Waals surface area contributed by atoms with E-state index in [0.717, 1.165) is 42.2 Å². The quantitative estimate of drug-likeness (QED) is 0.715. The van der Waals surface area contributed by atoms with Crippen LogP contribution in [-0.2, 0) is 11.8 Å². The Labute approximate surface area is 158 Å². The Morgan fingerprint density at radius 1 is 1.11 bits per heavy atom. The summed E-state index contributed by atoms with van der Waals surface area (Å²) in [6, 6.07) is 7.53. The van der Waals surface area contributed by atoms with Gasteiger partial charge in [-0.25, -0.2) is 4.68 Å². The van der Waals surface area contributed by atoms with Crippen molar-refractivity contribution in [3.63, 3.8) is 0 Å². The highest BCUT2D eigenvalue weighted by atomic mass is 16.2. The van der Waals surface area contributed by atoms with Crippen LogP contribution in [0.15, 0.2) is 35.3 Å². The molecule has 3 aromatic rings. The molecule has 27 heavy (non-hydrogen) atoms. The summed E-state index contributed by atoms with van der Waals surface area (Å²) in [5.41, 5.74) is 1.34. The van der Waals surface area contributed by atoms with Gasteiger partial charge in [0.05, 0.1) is 11.7 Å². The van der Waals surface area contributed by atoms with Gasteiger partial charge in [-0.2, -0.15) is 5.10 Å². The molecule has 4 rings (SSSR count). The standard InChI is InChI=1S/C21H26N4O2/c1-3-17(20(26)24-12-8-4-5-9-13-24)25-18-11-7-6-10-15(18)16-14-22-23(2)21(27)19(16)25/h6-7,10-11,14,17H,3-5,8-9,12-13H2,1-2H3/t17-/m0/s1. The van der Waals surface area contributed by atoms with Gasteiger partial charge in [0.2, 0.25) is 5.91 Å². The van der Waals surface area contributed by atoms with Crippen LogP contribution in [0.3, 0.4) is 0 Å². The van der Waals surface area contributed by atoms with Crippen LogP contribution in [0, 0.1) is 0 Å². The monoisotopic (exact) mass is 366 g/mol. The van der Waals surface area contributed by atoms with Gasteiger partial charge in [0.1, 0.15) is 11.6 Å². The summed E-state index contributed by atoms with van der Waals surface area (Å²) in [7, 11) is 1.65. The highest BCUT2D eigenvalue weighted by molar-refractivity contribution is 6.08. The number of hydrogen-bond acceptors (Lipinski definition) is 3. The lowest BCUT2D eigenvalue weighted by Crippen LogP contribution is -2.38. The molecule has 1 saturated heterocycles. The molecule has 2 aromatic heterocycles. The maximum Gasteiger partial charge on any atom is 0.291 e. The molecule has 0 radical (unpaired) electrons. The van der Waals surface area contributed by atoms with E-state index in [2.05, 4.69) is 5.10 Å². The van der Waals surface area contributed by atoms with Crippen molar-refractivity contribution in [1.29, 1.82) is 0 Å². The number of rotatable bonds is 3. The Bertz CT molecular complexity index is 1040. The Morgan fingerprint density at radius 3 is 2.52 bits per heavy atom. The van der Waals surface area contributed by atoms with Crippen LogP contribution in [0.4, 0.5) is 0 Å². The third-order valence-electron chi connectivity index (χ3n) is 5.71. The SMILES string of the molecule is CC[C@@H](C(=O)N1CCCCCC1)n1c2ccccc2c2cnn(C)c(=O)c21. The van der Waals surface area contributed by atoms with E-state index in [-0.39, 0.29) is 17.5 Å². The van der Waals surface area contributed by atoms with Crippen molar-refractivity contribution in [3.8, 4) is 0 Å². The summed E-state index contributed by atoms with van der Waals surface area (Å²) in [5.74, 6) is 0.126. The number of fused-ring (bicyclic) bond motifs is 3. The minimum Gasteiger partial charge on any atom is -0.341 e. The van der Waals surface area contributed by atoms with Gasteiger partial charge in [0.25, 0.3) is 5.56 Å². The van der Waals surface area contributed by atoms with Crippen LogP contribution in [0.5, 0.6) is 0 Å². The fourth-order valence-corrected chi connectivity index (χ4v) is 4.28. The first-order valence-corrected chi connectivity index (χ1v) is 9.87. The van der Waals surface area contributed by atoms with Gasteiger partial charge in [0.15, 0.2) is 0 Å². The van der Waals surface area contributed by atoms with Crippen LogP contribution in [0.25, 0.3) is 21.8 Å². The van der Waals surface area contributed by atoms with Crippen molar-refractivity contribution in [2.45, 2.75) is 45.1 Å². The van der Waals surface area contributed by atoms with Crippen LogP contribution >= 0.6 is 0 Å². The molecule has 0 unspecified atom stereocenters. The minimum atomic E-state index is -0.374. The van der Waals surface area contributed by atoms with E-state index < -0.39 is 0 Å². The lowest BCUT2D eigenvalue weighted by Gasteiger charge is -2.27. The summed E-state index contributed by atoms with van der Waals surface area (Å²) < 4.78 is 3.31. The molecule has 1 aliphatic heterocycles. The number of benzene rings is 1. The number of carbonyl (C=O) groups is 1. The predicted octanol–water partition coefficient (Wildman–Crippen LogP) is 3.24. The third-order valence-corrected chi connectivity index (χ3v) is 5.71. The normalized spacial score (nSPS) is 16.6. The number of aromatic nitrogens is 3. The highest BCUT2D eigenvalue weighted by Gasteiger charge is 2.29. The molecule has 0 aliphatic carbocycles. The van der Waals surface area contributed by atoms with Crippen LogP contribution in [0.2, 0.25) is 0 Å². The molecule has 1 aliphatic rings. The van der Waals surface area contributed by atoms with E-state index in [0.29, 0.717) is 11.9 Å². The summed E-state index contributed by atoms with van der Waals surface area (Å²) in [6.07, 6.45) is 6.86. The molecule has 0 bridgehead atoms. The fourth-order valence-electron chi connectivity index (χ4n) is 4.28. The average molecular weight is 366 g/mol. The molecule has 0 saturated carbocycles. The fraction of sp³-hybridized carbons (Fsp3) is 0.476. The summed E-state index contributed by atoms with van der Waals surface area (Å²) in [4.78, 5) is 28.4. The molecule has 0 N–H and O–H groups in total. The number of hydrogen-bond donors (Lipinski definition) is 0. The van der Waals surface area contributed by atoms with Crippen LogP contribution < -0.4 is 5.56 Å². The molecule has 0 spiro atoms. The van der Waals surface area contributed by atoms with Gasteiger partial charge in [-0.3, -0.25) is 9.59 Å². The minimum absolute atomic E-state index is 0.126. The Kier molecular flexibility index (Phi) is 4.72. The van der Waals surface area contributed by atoms with Crippen molar-refractivity contribution in [3.05, 3.63) is 40.8 Å². The summed E-state index contributed by atoms with van der Waals surface area (Å²) in [6.45, 7) is 3.64. The maximum atomic E-state index is 13.4.